The Morgan fingerprint density at radius 1 is 0.763 bits per heavy atom. The largest absolute Gasteiger partial charge is 0.481 e. The minimum atomic E-state index is -1.47. The zero-order chi connectivity index (χ0) is 28.8. The van der Waals surface area contributed by atoms with E-state index in [4.69, 9.17) is 15.9 Å². The first-order valence-corrected chi connectivity index (χ1v) is 12.2. The van der Waals surface area contributed by atoms with Gasteiger partial charge in [-0.05, 0) is 24.3 Å². The minimum absolute atomic E-state index is 0.0632. The van der Waals surface area contributed by atoms with Gasteiger partial charge in [-0.3, -0.25) is 24.0 Å². The van der Waals surface area contributed by atoms with Crippen LogP contribution >= 0.6 is 0 Å². The van der Waals surface area contributed by atoms with E-state index in [0.29, 0.717) is 12.0 Å². The van der Waals surface area contributed by atoms with E-state index in [1.165, 1.54) is 0 Å². The summed E-state index contributed by atoms with van der Waals surface area (Å²) in [4.78, 5) is 72.5. The molecule has 1 aromatic carbocycles. The molecule has 1 rings (SSSR count). The molecule has 0 aromatic heterocycles. The average Bonchev–Trinajstić information content (AvgIpc) is 2.87. The second-order valence-electron chi connectivity index (χ2n) is 8.99. The summed E-state index contributed by atoms with van der Waals surface area (Å²) in [6.45, 7) is 3.55. The average molecular weight is 537 g/mol. The zero-order valence-electron chi connectivity index (χ0n) is 21.4. The molecule has 0 aliphatic carbocycles. The van der Waals surface area contributed by atoms with Crippen molar-refractivity contribution < 1.29 is 44.1 Å². The lowest BCUT2D eigenvalue weighted by Gasteiger charge is -2.26. The number of rotatable bonds is 17. The Morgan fingerprint density at radius 3 is 1.63 bits per heavy atom. The number of nitrogens with one attached hydrogen (secondary N) is 3. The number of carbonyl (C=O) groups excluding carboxylic acids is 3. The molecule has 13 nitrogen and oxygen atoms in total. The summed E-state index contributed by atoms with van der Waals surface area (Å²) >= 11 is 0. The van der Waals surface area contributed by atoms with Gasteiger partial charge in [-0.1, -0.05) is 50.6 Å². The molecule has 0 unspecified atom stereocenters. The Hall–Kier alpha value is -4.00. The fourth-order valence-electron chi connectivity index (χ4n) is 3.45. The molecule has 0 saturated carbocycles. The number of amides is 3. The Labute approximate surface area is 220 Å². The summed E-state index contributed by atoms with van der Waals surface area (Å²) in [6.07, 6.45) is -1.20. The van der Waals surface area contributed by atoms with E-state index in [-0.39, 0.29) is 25.2 Å². The summed E-state index contributed by atoms with van der Waals surface area (Å²) in [7, 11) is 0. The topological polar surface area (TPSA) is 225 Å². The van der Waals surface area contributed by atoms with Crippen LogP contribution < -0.4 is 21.7 Å². The SMILES string of the molecule is CC[C@H](C)[C@H](N)C(=O)N[C@@H](CCC(=O)O)C(=O)N[C@@H](CCC(=O)O)C(=O)N[C@@H](Cc1ccccc1)C(=O)O. The lowest BCUT2D eigenvalue weighted by molar-refractivity contribution is -0.143. The normalized spacial score (nSPS) is 14.7. The van der Waals surface area contributed by atoms with Gasteiger partial charge >= 0.3 is 17.9 Å². The van der Waals surface area contributed by atoms with Crippen LogP contribution in [0.15, 0.2) is 30.3 Å². The van der Waals surface area contributed by atoms with Crippen molar-refractivity contribution in [1.29, 1.82) is 0 Å². The fourth-order valence-corrected chi connectivity index (χ4v) is 3.45. The minimum Gasteiger partial charge on any atom is -0.481 e. The van der Waals surface area contributed by atoms with Crippen LogP contribution in [0.3, 0.4) is 0 Å². The second kappa shape index (κ2) is 16.0. The highest BCUT2D eigenvalue weighted by Crippen LogP contribution is 2.09. The number of carboxylic acid groups (broad SMARTS) is 3. The summed E-state index contributed by atoms with van der Waals surface area (Å²) in [5, 5.41) is 34.8. The Kier molecular flexibility index (Phi) is 13.5. The van der Waals surface area contributed by atoms with Crippen LogP contribution in [0.25, 0.3) is 0 Å². The van der Waals surface area contributed by atoms with Gasteiger partial charge in [0.25, 0.3) is 0 Å². The van der Waals surface area contributed by atoms with Gasteiger partial charge in [-0.15, -0.1) is 0 Å². The third kappa shape index (κ3) is 11.4. The lowest BCUT2D eigenvalue weighted by Crippen LogP contribution is -2.57. The van der Waals surface area contributed by atoms with Crippen LogP contribution in [0, 0.1) is 5.92 Å². The number of aliphatic carboxylic acids is 3. The first kappa shape index (κ1) is 32.0. The van der Waals surface area contributed by atoms with Gasteiger partial charge in [0, 0.05) is 19.3 Å². The molecule has 0 aliphatic heterocycles. The van der Waals surface area contributed by atoms with Gasteiger partial charge in [0.15, 0.2) is 0 Å². The maximum Gasteiger partial charge on any atom is 0.326 e. The molecule has 0 bridgehead atoms. The number of benzene rings is 1. The predicted molar refractivity (Wildman–Crippen MR) is 135 cm³/mol. The van der Waals surface area contributed by atoms with E-state index < -0.39 is 72.6 Å². The first-order chi connectivity index (χ1) is 17.8. The van der Waals surface area contributed by atoms with Gasteiger partial charge in [0.1, 0.15) is 18.1 Å². The monoisotopic (exact) mass is 536 g/mol. The second-order valence-corrected chi connectivity index (χ2v) is 8.99. The van der Waals surface area contributed by atoms with Crippen LogP contribution in [0.4, 0.5) is 0 Å². The highest BCUT2D eigenvalue weighted by atomic mass is 16.4. The van der Waals surface area contributed by atoms with Crippen LogP contribution in [0.2, 0.25) is 0 Å². The molecule has 0 heterocycles. The van der Waals surface area contributed by atoms with Gasteiger partial charge in [0.2, 0.25) is 17.7 Å². The van der Waals surface area contributed by atoms with Crippen LogP contribution in [0.5, 0.6) is 0 Å². The van der Waals surface area contributed by atoms with Crippen molar-refractivity contribution in [1.82, 2.24) is 16.0 Å². The summed E-state index contributed by atoms with van der Waals surface area (Å²) < 4.78 is 0. The first-order valence-electron chi connectivity index (χ1n) is 12.2. The lowest BCUT2D eigenvalue weighted by atomic mass is 9.98. The smallest absolute Gasteiger partial charge is 0.326 e. The van der Waals surface area contributed by atoms with Gasteiger partial charge in [-0.25, -0.2) is 4.79 Å². The number of nitrogens with two attached hydrogens (primary N) is 1. The molecule has 38 heavy (non-hydrogen) atoms. The molecule has 13 heteroatoms. The number of hydrogen-bond donors (Lipinski definition) is 7. The maximum atomic E-state index is 13.0. The highest BCUT2D eigenvalue weighted by molar-refractivity contribution is 5.94. The van der Waals surface area contributed by atoms with Gasteiger partial charge in [-0.2, -0.15) is 0 Å². The van der Waals surface area contributed by atoms with Crippen LogP contribution in [-0.2, 0) is 35.2 Å². The molecule has 210 valence electrons. The third-order valence-corrected chi connectivity index (χ3v) is 6.02. The van der Waals surface area contributed by atoms with E-state index in [0.717, 1.165) is 0 Å². The van der Waals surface area contributed by atoms with Crippen LogP contribution in [-0.4, -0.2) is 75.1 Å². The molecule has 0 radical (unpaired) electrons. The molecule has 0 saturated heterocycles. The molecule has 1 aromatic rings. The van der Waals surface area contributed by atoms with Crippen molar-refractivity contribution in [3.8, 4) is 0 Å². The molecule has 8 N–H and O–H groups in total. The van der Waals surface area contributed by atoms with E-state index in [2.05, 4.69) is 16.0 Å². The number of carboxylic acids is 3. The predicted octanol–water partition coefficient (Wildman–Crippen LogP) is -0.129. The fraction of sp³-hybridized carbons (Fsp3) is 0.520. The Balaban J connectivity index is 3.08. The zero-order valence-corrected chi connectivity index (χ0v) is 21.4. The maximum absolute atomic E-state index is 13.0. The van der Waals surface area contributed by atoms with Gasteiger partial charge in [0.05, 0.1) is 6.04 Å². The van der Waals surface area contributed by atoms with E-state index in [1.807, 2.05) is 6.92 Å². The van der Waals surface area contributed by atoms with Gasteiger partial charge < -0.3 is 37.0 Å². The molecule has 5 atom stereocenters. The van der Waals surface area contributed by atoms with Crippen molar-refractivity contribution >= 4 is 35.6 Å². The van der Waals surface area contributed by atoms with E-state index in [9.17, 15) is 33.9 Å². The van der Waals surface area contributed by atoms with E-state index in [1.54, 1.807) is 37.3 Å². The molecular formula is C25H36N4O9. The van der Waals surface area contributed by atoms with E-state index >= 15 is 0 Å². The molecule has 0 fully saturated rings. The quantitative estimate of drug-likeness (QED) is 0.140. The molecular weight excluding hydrogens is 500 g/mol. The molecule has 0 aliphatic rings. The highest BCUT2D eigenvalue weighted by Gasteiger charge is 2.31. The number of hydrogen-bond acceptors (Lipinski definition) is 7. The summed E-state index contributed by atoms with van der Waals surface area (Å²) in [6, 6.07) is 3.29. The molecule has 0 spiro atoms. The number of carbonyl (C=O) groups is 6. The molecule has 3 amide bonds. The van der Waals surface area contributed by atoms with Crippen molar-refractivity contribution in [2.45, 2.75) is 76.5 Å². The Bertz CT molecular complexity index is 986. The van der Waals surface area contributed by atoms with Crippen LogP contribution in [0.1, 0.15) is 51.5 Å². The summed E-state index contributed by atoms with van der Waals surface area (Å²) in [5.74, 6) is -6.62. The van der Waals surface area contributed by atoms with Crippen molar-refractivity contribution in [3.05, 3.63) is 35.9 Å². The Morgan fingerprint density at radius 2 is 1.21 bits per heavy atom. The van der Waals surface area contributed by atoms with Crippen molar-refractivity contribution in [2.75, 3.05) is 0 Å². The summed E-state index contributed by atoms with van der Waals surface area (Å²) in [5.41, 5.74) is 6.53. The van der Waals surface area contributed by atoms with Crippen molar-refractivity contribution in [3.63, 3.8) is 0 Å². The van der Waals surface area contributed by atoms with Crippen molar-refractivity contribution in [2.24, 2.45) is 11.7 Å². The standard InChI is InChI=1S/C25H36N4O9/c1-3-14(2)21(26)24(36)28-17(10-12-20(32)33)22(34)27-16(9-11-19(30)31)23(35)29-18(25(37)38)13-15-7-5-4-6-8-15/h4-8,14,16-18,21H,3,9-13,26H2,1-2H3,(H,27,34)(H,28,36)(H,29,35)(H,30,31)(H,32,33)(H,37,38)/t14-,16-,17-,18-,21-/m0/s1. The third-order valence-electron chi connectivity index (χ3n) is 6.02.